The number of hydrogen-bond acceptors (Lipinski definition) is 4. The minimum absolute atomic E-state index is 0.0798. The summed E-state index contributed by atoms with van der Waals surface area (Å²) >= 11 is 0. The van der Waals surface area contributed by atoms with Crippen LogP contribution in [0.4, 0.5) is 5.69 Å². The van der Waals surface area contributed by atoms with Crippen LogP contribution in [0, 0.1) is 6.92 Å². The standard InChI is InChI=1S/C24H33N3O4S/c1-6-22(24(29)25-18(2)3)26(16-20-13-11-10-12-19(20)4)23(28)17-27(32(5,30)31)21-14-8-7-9-15-21/h7-15,18,22H,6,16-17H2,1-5H3,(H,25,29)/t22-/m0/s1. The number of nitrogens with one attached hydrogen (secondary N) is 1. The highest BCUT2D eigenvalue weighted by molar-refractivity contribution is 7.92. The Morgan fingerprint density at radius 2 is 1.59 bits per heavy atom. The third kappa shape index (κ3) is 6.82. The van der Waals surface area contributed by atoms with Crippen molar-refractivity contribution < 1.29 is 18.0 Å². The Kier molecular flexibility index (Phi) is 8.83. The van der Waals surface area contributed by atoms with Crippen molar-refractivity contribution >= 4 is 27.5 Å². The van der Waals surface area contributed by atoms with Crippen LogP contribution in [0.1, 0.15) is 38.3 Å². The minimum Gasteiger partial charge on any atom is -0.352 e. The SMILES string of the molecule is CC[C@@H](C(=O)NC(C)C)N(Cc1ccccc1C)C(=O)CN(c1ccccc1)S(C)(=O)=O. The Morgan fingerprint density at radius 3 is 2.12 bits per heavy atom. The highest BCUT2D eigenvalue weighted by atomic mass is 32.2. The first-order valence-electron chi connectivity index (χ1n) is 10.7. The fourth-order valence-corrected chi connectivity index (χ4v) is 4.33. The summed E-state index contributed by atoms with van der Waals surface area (Å²) in [7, 11) is -3.71. The summed E-state index contributed by atoms with van der Waals surface area (Å²) in [5.41, 5.74) is 2.30. The van der Waals surface area contributed by atoms with Crippen molar-refractivity contribution in [2.24, 2.45) is 0 Å². The fraction of sp³-hybridized carbons (Fsp3) is 0.417. The third-order valence-corrected chi connectivity index (χ3v) is 6.28. The Morgan fingerprint density at radius 1 is 1.00 bits per heavy atom. The molecule has 0 aliphatic rings. The average molecular weight is 460 g/mol. The summed E-state index contributed by atoms with van der Waals surface area (Å²) in [5.74, 6) is -0.691. The molecule has 0 saturated carbocycles. The number of sulfonamides is 1. The summed E-state index contributed by atoms with van der Waals surface area (Å²) in [4.78, 5) is 27.9. The van der Waals surface area contributed by atoms with Crippen molar-refractivity contribution in [3.63, 3.8) is 0 Å². The molecule has 0 heterocycles. The number of amides is 2. The van der Waals surface area contributed by atoms with Gasteiger partial charge in [0.1, 0.15) is 12.6 Å². The van der Waals surface area contributed by atoms with Crippen LogP contribution in [0.15, 0.2) is 54.6 Å². The maximum atomic E-state index is 13.5. The zero-order chi connectivity index (χ0) is 23.9. The van der Waals surface area contributed by atoms with Crippen LogP contribution in [0.3, 0.4) is 0 Å². The summed E-state index contributed by atoms with van der Waals surface area (Å²) in [5, 5.41) is 2.88. The number of rotatable bonds is 10. The summed E-state index contributed by atoms with van der Waals surface area (Å²) in [6.45, 7) is 7.33. The molecule has 1 atom stereocenters. The lowest BCUT2D eigenvalue weighted by Crippen LogP contribution is -2.53. The normalized spacial score (nSPS) is 12.3. The number of nitrogens with zero attached hydrogens (tertiary/aromatic N) is 2. The second-order valence-corrected chi connectivity index (χ2v) is 10.0. The highest BCUT2D eigenvalue weighted by Crippen LogP contribution is 2.20. The molecule has 2 amide bonds. The van der Waals surface area contributed by atoms with E-state index in [0.29, 0.717) is 12.1 Å². The van der Waals surface area contributed by atoms with Crippen LogP contribution in [-0.2, 0) is 26.2 Å². The molecular formula is C24H33N3O4S. The number of hydrogen-bond donors (Lipinski definition) is 1. The molecule has 0 aliphatic heterocycles. The van der Waals surface area contributed by atoms with Gasteiger partial charge in [0.15, 0.2) is 0 Å². The van der Waals surface area contributed by atoms with Gasteiger partial charge < -0.3 is 10.2 Å². The van der Waals surface area contributed by atoms with Crippen LogP contribution in [0.5, 0.6) is 0 Å². The third-order valence-electron chi connectivity index (χ3n) is 5.14. The van der Waals surface area contributed by atoms with Gasteiger partial charge >= 0.3 is 0 Å². The number of carbonyl (C=O) groups excluding carboxylic acids is 2. The largest absolute Gasteiger partial charge is 0.352 e. The molecular weight excluding hydrogens is 426 g/mol. The van der Waals surface area contributed by atoms with E-state index in [0.717, 1.165) is 21.7 Å². The van der Waals surface area contributed by atoms with Gasteiger partial charge in [-0.1, -0.05) is 49.4 Å². The van der Waals surface area contributed by atoms with E-state index >= 15 is 0 Å². The zero-order valence-corrected chi connectivity index (χ0v) is 20.2. The molecule has 0 aliphatic carbocycles. The van der Waals surface area contributed by atoms with Gasteiger partial charge in [-0.2, -0.15) is 0 Å². The summed E-state index contributed by atoms with van der Waals surface area (Å²) < 4.78 is 26.1. The molecule has 2 rings (SSSR count). The summed E-state index contributed by atoms with van der Waals surface area (Å²) in [6, 6.07) is 15.3. The van der Waals surface area contributed by atoms with Gasteiger partial charge in [-0.15, -0.1) is 0 Å². The average Bonchev–Trinajstić information content (AvgIpc) is 2.72. The Bertz CT molecular complexity index is 1020. The smallest absolute Gasteiger partial charge is 0.244 e. The molecule has 174 valence electrons. The second kappa shape index (κ2) is 11.1. The number of para-hydroxylation sites is 1. The van der Waals surface area contributed by atoms with Crippen molar-refractivity contribution in [2.45, 2.75) is 52.7 Å². The molecule has 0 radical (unpaired) electrons. The number of benzene rings is 2. The van der Waals surface area contributed by atoms with E-state index in [1.807, 2.05) is 52.0 Å². The molecule has 0 bridgehead atoms. The molecule has 0 aromatic heterocycles. The molecule has 0 spiro atoms. The first-order chi connectivity index (χ1) is 15.0. The summed E-state index contributed by atoms with van der Waals surface area (Å²) in [6.07, 6.45) is 1.47. The molecule has 1 N–H and O–H groups in total. The van der Waals surface area contributed by atoms with Crippen molar-refractivity contribution in [2.75, 3.05) is 17.1 Å². The van der Waals surface area contributed by atoms with Crippen LogP contribution < -0.4 is 9.62 Å². The predicted octanol–water partition coefficient (Wildman–Crippen LogP) is 3.09. The van der Waals surface area contributed by atoms with E-state index in [-0.39, 0.29) is 25.0 Å². The van der Waals surface area contributed by atoms with Gasteiger partial charge in [-0.05, 0) is 50.5 Å². The van der Waals surface area contributed by atoms with E-state index in [2.05, 4.69) is 5.32 Å². The monoisotopic (exact) mass is 459 g/mol. The Balaban J connectivity index is 2.43. The maximum absolute atomic E-state index is 13.5. The van der Waals surface area contributed by atoms with Crippen molar-refractivity contribution in [1.82, 2.24) is 10.2 Å². The maximum Gasteiger partial charge on any atom is 0.244 e. The van der Waals surface area contributed by atoms with Crippen molar-refractivity contribution in [3.8, 4) is 0 Å². The number of aryl methyl sites for hydroxylation is 1. The Hall–Kier alpha value is -2.87. The molecule has 0 saturated heterocycles. The van der Waals surface area contributed by atoms with Crippen molar-refractivity contribution in [3.05, 3.63) is 65.7 Å². The first kappa shape index (κ1) is 25.4. The lowest BCUT2D eigenvalue weighted by atomic mass is 10.1. The molecule has 2 aromatic carbocycles. The fourth-order valence-electron chi connectivity index (χ4n) is 3.48. The minimum atomic E-state index is -3.71. The Labute approximate surface area is 191 Å². The molecule has 0 fully saturated rings. The highest BCUT2D eigenvalue weighted by Gasteiger charge is 2.32. The molecule has 7 nitrogen and oxygen atoms in total. The van der Waals surface area contributed by atoms with E-state index in [1.165, 1.54) is 4.90 Å². The van der Waals surface area contributed by atoms with Crippen LogP contribution in [0.25, 0.3) is 0 Å². The lowest BCUT2D eigenvalue weighted by molar-refractivity contribution is -0.140. The topological polar surface area (TPSA) is 86.8 Å². The van der Waals surface area contributed by atoms with E-state index in [1.54, 1.807) is 30.3 Å². The second-order valence-electron chi connectivity index (χ2n) is 8.14. The molecule has 32 heavy (non-hydrogen) atoms. The molecule has 8 heteroatoms. The van der Waals surface area contributed by atoms with Crippen LogP contribution >= 0.6 is 0 Å². The van der Waals surface area contributed by atoms with Crippen LogP contribution in [0.2, 0.25) is 0 Å². The predicted molar refractivity (Wildman–Crippen MR) is 128 cm³/mol. The quantitative estimate of drug-likeness (QED) is 0.592. The first-order valence-corrected chi connectivity index (χ1v) is 12.6. The van der Waals surface area contributed by atoms with E-state index in [9.17, 15) is 18.0 Å². The van der Waals surface area contributed by atoms with Gasteiger partial charge in [0.2, 0.25) is 21.8 Å². The number of anilines is 1. The van der Waals surface area contributed by atoms with Gasteiger partial charge in [0.05, 0.1) is 11.9 Å². The van der Waals surface area contributed by atoms with E-state index in [4.69, 9.17) is 0 Å². The van der Waals surface area contributed by atoms with Gasteiger partial charge in [0, 0.05) is 12.6 Å². The molecule has 0 unspecified atom stereocenters. The van der Waals surface area contributed by atoms with E-state index < -0.39 is 22.0 Å². The zero-order valence-electron chi connectivity index (χ0n) is 19.4. The van der Waals surface area contributed by atoms with Gasteiger partial charge in [0.25, 0.3) is 0 Å². The molecule has 2 aromatic rings. The van der Waals surface area contributed by atoms with Crippen LogP contribution in [-0.4, -0.2) is 50.0 Å². The lowest BCUT2D eigenvalue weighted by Gasteiger charge is -2.33. The van der Waals surface area contributed by atoms with Crippen molar-refractivity contribution in [1.29, 1.82) is 0 Å². The van der Waals surface area contributed by atoms with Gasteiger partial charge in [-0.3, -0.25) is 13.9 Å². The van der Waals surface area contributed by atoms with Gasteiger partial charge in [-0.25, -0.2) is 8.42 Å². The number of carbonyl (C=O) groups is 2.